The van der Waals surface area contributed by atoms with E-state index in [0.717, 1.165) is 18.4 Å². The fourth-order valence-corrected chi connectivity index (χ4v) is 6.02. The van der Waals surface area contributed by atoms with Gasteiger partial charge in [-0.1, -0.05) is 50.2 Å². The molecule has 3 aromatic carbocycles. The first kappa shape index (κ1) is 32.1. The van der Waals surface area contributed by atoms with E-state index >= 15 is 0 Å². The number of phenolic OH excluding ortho intramolecular Hbond substituents is 1. The van der Waals surface area contributed by atoms with Gasteiger partial charge in [0.05, 0.1) is 28.7 Å². The van der Waals surface area contributed by atoms with E-state index in [1.165, 1.54) is 16.3 Å². The molecule has 0 amide bonds. The van der Waals surface area contributed by atoms with Gasteiger partial charge < -0.3 is 14.6 Å². The highest BCUT2D eigenvalue weighted by Crippen LogP contribution is 2.50. The van der Waals surface area contributed by atoms with Crippen LogP contribution in [0.2, 0.25) is 0 Å². The van der Waals surface area contributed by atoms with Gasteiger partial charge in [-0.25, -0.2) is 0 Å². The number of hydrogen-bond acceptors (Lipinski definition) is 5. The van der Waals surface area contributed by atoms with Gasteiger partial charge in [-0.15, -0.1) is 0 Å². The van der Waals surface area contributed by atoms with Crippen LogP contribution in [0.3, 0.4) is 0 Å². The molecule has 0 aromatic heterocycles. The minimum absolute atomic E-state index is 0.0216. The van der Waals surface area contributed by atoms with Gasteiger partial charge in [0.2, 0.25) is 0 Å². The van der Waals surface area contributed by atoms with Crippen molar-refractivity contribution in [2.24, 2.45) is 10.8 Å². The molecule has 0 saturated carbocycles. The molecule has 210 valence electrons. The van der Waals surface area contributed by atoms with Crippen LogP contribution in [0.1, 0.15) is 71.6 Å². The predicted octanol–water partition coefficient (Wildman–Crippen LogP) is 10.2. The van der Waals surface area contributed by atoms with Crippen LogP contribution in [0.25, 0.3) is 10.8 Å². The molecule has 0 saturated heterocycles. The zero-order chi connectivity index (χ0) is 29.3. The van der Waals surface area contributed by atoms with Gasteiger partial charge in [-0.3, -0.25) is 9.59 Å². The SMILES string of the molecule is CCC(C)(C)C(=O)OC1Cc2cccc3cccc1c23.CCC(C)(C)C(=O)Oc1c(Br)c(Br)c(O)c(Br)c1Br. The van der Waals surface area contributed by atoms with E-state index in [2.05, 4.69) is 94.1 Å². The average Bonchev–Trinajstić information content (AvgIpc) is 3.27. The van der Waals surface area contributed by atoms with Crippen LogP contribution < -0.4 is 4.74 Å². The van der Waals surface area contributed by atoms with Crippen LogP contribution >= 0.6 is 63.7 Å². The lowest BCUT2D eigenvalue weighted by molar-refractivity contribution is -0.160. The molecule has 0 heterocycles. The van der Waals surface area contributed by atoms with Crippen molar-refractivity contribution in [3.63, 3.8) is 0 Å². The number of carbonyl (C=O) groups is 2. The molecule has 1 N–H and O–H groups in total. The first-order chi connectivity index (χ1) is 18.2. The maximum absolute atomic E-state index is 12.3. The van der Waals surface area contributed by atoms with Gasteiger partial charge in [0.1, 0.15) is 11.9 Å². The number of hydrogen-bond donors (Lipinski definition) is 1. The second-order valence-corrected chi connectivity index (χ2v) is 13.9. The number of aromatic hydroxyl groups is 1. The highest BCUT2D eigenvalue weighted by atomic mass is 79.9. The summed E-state index contributed by atoms with van der Waals surface area (Å²) in [4.78, 5) is 24.4. The summed E-state index contributed by atoms with van der Waals surface area (Å²) in [7, 11) is 0. The average molecular weight is 792 g/mol. The summed E-state index contributed by atoms with van der Waals surface area (Å²) in [5, 5.41) is 12.3. The van der Waals surface area contributed by atoms with E-state index in [1.807, 2.05) is 47.6 Å². The Morgan fingerprint density at radius 3 is 1.90 bits per heavy atom. The molecule has 39 heavy (non-hydrogen) atoms. The molecule has 0 radical (unpaired) electrons. The van der Waals surface area contributed by atoms with Gasteiger partial charge in [0, 0.05) is 12.0 Å². The number of phenols is 1. The van der Waals surface area contributed by atoms with Crippen molar-refractivity contribution < 1.29 is 24.2 Å². The quantitative estimate of drug-likeness (QED) is 0.153. The highest BCUT2D eigenvalue weighted by Gasteiger charge is 2.33. The van der Waals surface area contributed by atoms with Crippen LogP contribution in [0.4, 0.5) is 0 Å². The third kappa shape index (κ3) is 6.74. The maximum Gasteiger partial charge on any atom is 0.316 e. The zero-order valence-corrected chi connectivity index (χ0v) is 29.1. The topological polar surface area (TPSA) is 72.8 Å². The molecule has 1 aliphatic rings. The van der Waals surface area contributed by atoms with Gasteiger partial charge in [-0.05, 0) is 121 Å². The summed E-state index contributed by atoms with van der Waals surface area (Å²) < 4.78 is 13.0. The lowest BCUT2D eigenvalue weighted by Crippen LogP contribution is -2.28. The van der Waals surface area contributed by atoms with Gasteiger partial charge in [0.15, 0.2) is 5.75 Å². The fourth-order valence-electron chi connectivity index (χ4n) is 3.80. The number of benzene rings is 3. The van der Waals surface area contributed by atoms with E-state index in [0.29, 0.717) is 30.1 Å². The summed E-state index contributed by atoms with van der Waals surface area (Å²) in [6.45, 7) is 11.5. The normalized spacial score (nSPS) is 14.6. The Balaban J connectivity index is 0.000000216. The molecule has 0 aliphatic heterocycles. The summed E-state index contributed by atoms with van der Waals surface area (Å²) in [5.41, 5.74) is 1.45. The molecule has 0 fully saturated rings. The van der Waals surface area contributed by atoms with E-state index in [9.17, 15) is 14.7 Å². The van der Waals surface area contributed by atoms with Gasteiger partial charge in [0.25, 0.3) is 0 Å². The molecule has 4 rings (SSSR count). The molecule has 0 spiro atoms. The Morgan fingerprint density at radius 1 is 0.846 bits per heavy atom. The monoisotopic (exact) mass is 788 g/mol. The standard InChI is InChI=1S/C18H20O2.C12H12Br4O3/c1-4-18(2,3)17(19)20-15-11-13-9-5-7-12-8-6-10-14(15)16(12)13;1-4-12(2,3)11(18)19-10-7(15)5(13)9(17)6(14)8(10)16/h5-10,15H,4,11H2,1-3H3;17H,4H2,1-3H3. The van der Waals surface area contributed by atoms with Crippen molar-refractivity contribution in [1.29, 1.82) is 0 Å². The fraction of sp³-hybridized carbons (Fsp3) is 0.400. The van der Waals surface area contributed by atoms with Crippen LogP contribution in [-0.4, -0.2) is 17.0 Å². The Hall–Kier alpha value is -1.42. The third-order valence-electron chi connectivity index (χ3n) is 7.29. The summed E-state index contributed by atoms with van der Waals surface area (Å²) in [6, 6.07) is 12.5. The summed E-state index contributed by atoms with van der Waals surface area (Å²) in [5.74, 6) is -0.0907. The first-order valence-electron chi connectivity index (χ1n) is 12.6. The van der Waals surface area contributed by atoms with E-state index in [4.69, 9.17) is 9.47 Å². The number of ether oxygens (including phenoxy) is 2. The second kappa shape index (κ2) is 12.6. The van der Waals surface area contributed by atoms with E-state index in [-0.39, 0.29) is 23.8 Å². The molecule has 1 unspecified atom stereocenters. The Bertz CT molecular complexity index is 1380. The summed E-state index contributed by atoms with van der Waals surface area (Å²) in [6.07, 6.45) is 2.12. The molecular formula is C30H32Br4O5. The first-order valence-corrected chi connectivity index (χ1v) is 15.8. The Morgan fingerprint density at radius 2 is 1.36 bits per heavy atom. The smallest absolute Gasteiger partial charge is 0.316 e. The van der Waals surface area contributed by atoms with Crippen molar-refractivity contribution in [1.82, 2.24) is 0 Å². The second-order valence-electron chi connectivity index (χ2n) is 10.8. The van der Waals surface area contributed by atoms with Crippen molar-refractivity contribution in [2.45, 2.75) is 66.9 Å². The van der Waals surface area contributed by atoms with Crippen LogP contribution in [-0.2, 0) is 20.7 Å². The van der Waals surface area contributed by atoms with Crippen LogP contribution in [0.5, 0.6) is 11.5 Å². The molecule has 0 bridgehead atoms. The Labute approximate surface area is 263 Å². The molecular weight excluding hydrogens is 760 g/mol. The number of halogens is 4. The minimum atomic E-state index is -0.574. The maximum atomic E-state index is 12.3. The predicted molar refractivity (Wildman–Crippen MR) is 169 cm³/mol. The number of esters is 2. The van der Waals surface area contributed by atoms with Crippen molar-refractivity contribution in [2.75, 3.05) is 0 Å². The largest absolute Gasteiger partial charge is 0.505 e. The van der Waals surface area contributed by atoms with Gasteiger partial charge in [-0.2, -0.15) is 0 Å². The third-order valence-corrected chi connectivity index (χ3v) is 11.4. The zero-order valence-electron chi connectivity index (χ0n) is 22.8. The van der Waals surface area contributed by atoms with E-state index in [1.54, 1.807) is 0 Å². The molecule has 1 aliphatic carbocycles. The van der Waals surface area contributed by atoms with Crippen LogP contribution in [0, 0.1) is 10.8 Å². The Kier molecular flexibility index (Phi) is 10.4. The lowest BCUT2D eigenvalue weighted by atomic mass is 9.90. The molecule has 5 nitrogen and oxygen atoms in total. The highest BCUT2D eigenvalue weighted by molar-refractivity contribution is 9.14. The minimum Gasteiger partial charge on any atom is -0.505 e. The van der Waals surface area contributed by atoms with E-state index < -0.39 is 10.8 Å². The summed E-state index contributed by atoms with van der Waals surface area (Å²) >= 11 is 13.1. The number of rotatable bonds is 6. The molecule has 9 heteroatoms. The van der Waals surface area contributed by atoms with Crippen LogP contribution in [0.15, 0.2) is 54.3 Å². The van der Waals surface area contributed by atoms with Crippen molar-refractivity contribution in [3.8, 4) is 11.5 Å². The molecule has 3 aromatic rings. The number of carbonyl (C=O) groups excluding carboxylic acids is 2. The van der Waals surface area contributed by atoms with Crippen molar-refractivity contribution >= 4 is 86.4 Å². The van der Waals surface area contributed by atoms with Crippen molar-refractivity contribution in [3.05, 3.63) is 65.4 Å². The molecule has 1 atom stereocenters. The lowest BCUT2D eigenvalue weighted by Gasteiger charge is -2.23. The van der Waals surface area contributed by atoms with Gasteiger partial charge >= 0.3 is 11.9 Å².